The van der Waals surface area contributed by atoms with Crippen LogP contribution in [0.5, 0.6) is 11.5 Å². The minimum absolute atomic E-state index is 0.110. The first-order valence-corrected chi connectivity index (χ1v) is 8.56. The second-order valence-corrected chi connectivity index (χ2v) is 6.52. The van der Waals surface area contributed by atoms with E-state index in [4.69, 9.17) is 14.0 Å². The Hall–Kier alpha value is -2.50. The highest BCUT2D eigenvalue weighted by Crippen LogP contribution is 2.32. The first kappa shape index (κ1) is 17.3. The smallest absolute Gasteiger partial charge is 0.228 e. The molecule has 1 atom stereocenters. The highest BCUT2D eigenvalue weighted by atomic mass is 16.5. The Labute approximate surface area is 147 Å². The quantitative estimate of drug-likeness (QED) is 0.833. The summed E-state index contributed by atoms with van der Waals surface area (Å²) in [5.41, 5.74) is 1.48. The average molecular weight is 344 g/mol. The summed E-state index contributed by atoms with van der Waals surface area (Å²) in [6.07, 6.45) is 2.53. The lowest BCUT2D eigenvalue weighted by Gasteiger charge is -2.30. The summed E-state index contributed by atoms with van der Waals surface area (Å²) in [6.45, 7) is 3.85. The zero-order valence-corrected chi connectivity index (χ0v) is 14.9. The number of ether oxygens (including phenoxy) is 2. The molecule has 134 valence electrons. The van der Waals surface area contributed by atoms with Crippen LogP contribution in [-0.2, 0) is 11.2 Å². The molecule has 2 aromatic rings. The summed E-state index contributed by atoms with van der Waals surface area (Å²) in [4.78, 5) is 14.4. The van der Waals surface area contributed by atoms with Crippen LogP contribution in [0.4, 0.5) is 0 Å². The van der Waals surface area contributed by atoms with E-state index in [0.717, 1.165) is 25.1 Å². The van der Waals surface area contributed by atoms with E-state index < -0.39 is 0 Å². The molecule has 25 heavy (non-hydrogen) atoms. The first-order chi connectivity index (χ1) is 12.1. The van der Waals surface area contributed by atoms with E-state index in [1.165, 1.54) is 6.42 Å². The molecule has 2 heterocycles. The normalized spacial score (nSPS) is 17.4. The lowest BCUT2D eigenvalue weighted by Crippen LogP contribution is -2.39. The molecule has 0 radical (unpaired) electrons. The fourth-order valence-corrected chi connectivity index (χ4v) is 3.20. The molecule has 1 fully saturated rings. The van der Waals surface area contributed by atoms with E-state index in [9.17, 15) is 4.79 Å². The molecule has 1 aromatic carbocycles. The molecule has 0 bridgehead atoms. The van der Waals surface area contributed by atoms with Crippen molar-refractivity contribution in [3.05, 3.63) is 30.0 Å². The molecule has 0 N–H and O–H groups in total. The van der Waals surface area contributed by atoms with Gasteiger partial charge in [-0.1, -0.05) is 12.1 Å². The Balaban J connectivity index is 1.71. The number of hydrogen-bond donors (Lipinski definition) is 0. The second kappa shape index (κ2) is 7.59. The van der Waals surface area contributed by atoms with Crippen molar-refractivity contribution in [2.24, 2.45) is 5.92 Å². The zero-order valence-electron chi connectivity index (χ0n) is 14.9. The van der Waals surface area contributed by atoms with Crippen LogP contribution < -0.4 is 9.47 Å². The average Bonchev–Trinajstić information content (AvgIpc) is 3.09. The maximum atomic E-state index is 12.5. The van der Waals surface area contributed by atoms with Gasteiger partial charge in [0.1, 0.15) is 0 Å². The highest BCUT2D eigenvalue weighted by molar-refractivity contribution is 5.78. The number of aromatic nitrogens is 1. The van der Waals surface area contributed by atoms with Gasteiger partial charge in [0.2, 0.25) is 5.91 Å². The van der Waals surface area contributed by atoms with Gasteiger partial charge in [0.05, 0.1) is 26.3 Å². The molecule has 3 rings (SSSR count). The lowest BCUT2D eigenvalue weighted by molar-refractivity contribution is -0.132. The number of carbonyl (C=O) groups is 1. The van der Waals surface area contributed by atoms with Crippen LogP contribution in [0.2, 0.25) is 0 Å². The van der Waals surface area contributed by atoms with Crippen LogP contribution in [0.15, 0.2) is 28.8 Å². The summed E-state index contributed by atoms with van der Waals surface area (Å²) < 4.78 is 16.0. The van der Waals surface area contributed by atoms with E-state index >= 15 is 0 Å². The summed E-state index contributed by atoms with van der Waals surface area (Å²) in [5.74, 6) is 2.56. The van der Waals surface area contributed by atoms with E-state index in [1.54, 1.807) is 14.2 Å². The van der Waals surface area contributed by atoms with Crippen LogP contribution in [0.25, 0.3) is 11.3 Å². The van der Waals surface area contributed by atoms with Crippen LogP contribution in [0.1, 0.15) is 25.5 Å². The van der Waals surface area contributed by atoms with Gasteiger partial charge in [-0.2, -0.15) is 0 Å². The number of carbonyl (C=O) groups excluding carboxylic acids is 1. The zero-order chi connectivity index (χ0) is 17.8. The van der Waals surface area contributed by atoms with Crippen LogP contribution >= 0.6 is 0 Å². The second-order valence-electron chi connectivity index (χ2n) is 6.52. The minimum atomic E-state index is 0.110. The van der Waals surface area contributed by atoms with Gasteiger partial charge in [0, 0.05) is 24.7 Å². The van der Waals surface area contributed by atoms with Crippen molar-refractivity contribution >= 4 is 5.91 Å². The van der Waals surface area contributed by atoms with Crippen LogP contribution in [-0.4, -0.2) is 43.3 Å². The van der Waals surface area contributed by atoms with Crippen molar-refractivity contribution in [1.82, 2.24) is 10.1 Å². The predicted octanol–water partition coefficient (Wildman–Crippen LogP) is 3.16. The molecule has 1 aliphatic rings. The van der Waals surface area contributed by atoms with Gasteiger partial charge in [-0.05, 0) is 37.0 Å². The Morgan fingerprint density at radius 3 is 2.80 bits per heavy atom. The first-order valence-electron chi connectivity index (χ1n) is 8.56. The van der Waals surface area contributed by atoms with Gasteiger partial charge in [-0.3, -0.25) is 4.79 Å². The SMILES string of the molecule is COc1ccc(-c2cc(CC(=O)N3CCC[C@H](C)C3)no2)cc1OC. The molecule has 1 aromatic heterocycles. The standard InChI is InChI=1S/C19H24N2O4/c1-13-5-4-8-21(12-13)19(22)11-15-10-17(25-20-15)14-6-7-16(23-2)18(9-14)24-3/h6-7,9-10,13H,4-5,8,11-12H2,1-3H3/t13-/m0/s1. The van der Waals surface area contributed by atoms with Crippen molar-refractivity contribution in [3.63, 3.8) is 0 Å². The third-order valence-electron chi connectivity index (χ3n) is 4.57. The van der Waals surface area contributed by atoms with Gasteiger partial charge >= 0.3 is 0 Å². The molecule has 0 unspecified atom stereocenters. The number of hydrogen-bond acceptors (Lipinski definition) is 5. The van der Waals surface area contributed by atoms with Crippen LogP contribution in [0, 0.1) is 5.92 Å². The fourth-order valence-electron chi connectivity index (χ4n) is 3.20. The number of rotatable bonds is 5. The number of benzene rings is 1. The summed E-state index contributed by atoms with van der Waals surface area (Å²) in [7, 11) is 3.18. The molecule has 1 saturated heterocycles. The third kappa shape index (κ3) is 3.95. The van der Waals surface area contributed by atoms with Crippen molar-refractivity contribution in [2.75, 3.05) is 27.3 Å². The molecule has 0 aliphatic carbocycles. The monoisotopic (exact) mass is 344 g/mol. The van der Waals surface area contributed by atoms with Crippen LogP contribution in [0.3, 0.4) is 0 Å². The van der Waals surface area contributed by atoms with Crippen molar-refractivity contribution in [3.8, 4) is 22.8 Å². The number of nitrogens with zero attached hydrogens (tertiary/aromatic N) is 2. The highest BCUT2D eigenvalue weighted by Gasteiger charge is 2.22. The molecule has 0 spiro atoms. The minimum Gasteiger partial charge on any atom is -0.493 e. The number of methoxy groups -OCH3 is 2. The maximum Gasteiger partial charge on any atom is 0.228 e. The summed E-state index contributed by atoms with van der Waals surface area (Å²) in [6, 6.07) is 7.33. The van der Waals surface area contributed by atoms with E-state index in [-0.39, 0.29) is 12.3 Å². The maximum absolute atomic E-state index is 12.5. The number of amides is 1. The molecule has 1 aliphatic heterocycles. The summed E-state index contributed by atoms with van der Waals surface area (Å²) >= 11 is 0. The number of likely N-dealkylation sites (tertiary alicyclic amines) is 1. The van der Waals surface area contributed by atoms with Crippen molar-refractivity contribution < 1.29 is 18.8 Å². The van der Waals surface area contributed by atoms with Gasteiger partial charge in [-0.15, -0.1) is 0 Å². The number of piperidine rings is 1. The molecule has 0 saturated carbocycles. The van der Waals surface area contributed by atoms with E-state index in [0.29, 0.717) is 28.9 Å². The fraction of sp³-hybridized carbons (Fsp3) is 0.474. The Morgan fingerprint density at radius 1 is 1.28 bits per heavy atom. The third-order valence-corrected chi connectivity index (χ3v) is 4.57. The Bertz CT molecular complexity index is 741. The van der Waals surface area contributed by atoms with E-state index in [2.05, 4.69) is 12.1 Å². The van der Waals surface area contributed by atoms with Crippen molar-refractivity contribution in [1.29, 1.82) is 0 Å². The molecular formula is C19H24N2O4. The summed E-state index contributed by atoms with van der Waals surface area (Å²) in [5, 5.41) is 4.05. The molecule has 6 heteroatoms. The predicted molar refractivity (Wildman–Crippen MR) is 93.7 cm³/mol. The molecule has 1 amide bonds. The van der Waals surface area contributed by atoms with Gasteiger partial charge < -0.3 is 18.9 Å². The molecular weight excluding hydrogens is 320 g/mol. The largest absolute Gasteiger partial charge is 0.493 e. The van der Waals surface area contributed by atoms with Crippen molar-refractivity contribution in [2.45, 2.75) is 26.2 Å². The van der Waals surface area contributed by atoms with Gasteiger partial charge in [0.15, 0.2) is 17.3 Å². The molecule has 6 nitrogen and oxygen atoms in total. The Morgan fingerprint density at radius 2 is 2.08 bits per heavy atom. The van der Waals surface area contributed by atoms with Gasteiger partial charge in [0.25, 0.3) is 0 Å². The Kier molecular flexibility index (Phi) is 5.26. The van der Waals surface area contributed by atoms with E-state index in [1.807, 2.05) is 29.2 Å². The topological polar surface area (TPSA) is 64.8 Å². The van der Waals surface area contributed by atoms with Gasteiger partial charge in [-0.25, -0.2) is 0 Å². The lowest BCUT2D eigenvalue weighted by atomic mass is 10.00.